The van der Waals surface area contributed by atoms with Crippen molar-refractivity contribution in [2.75, 3.05) is 0 Å². The summed E-state index contributed by atoms with van der Waals surface area (Å²) in [6.45, 7) is 6.24. The maximum absolute atomic E-state index is 13.1. The Labute approximate surface area is 142 Å². The van der Waals surface area contributed by atoms with E-state index in [0.29, 0.717) is 13.0 Å². The highest BCUT2D eigenvalue weighted by molar-refractivity contribution is 7.89. The van der Waals surface area contributed by atoms with E-state index in [-0.39, 0.29) is 10.5 Å². The first-order chi connectivity index (χ1) is 11.3. The molecule has 2 aromatic rings. The number of pyridine rings is 1. The fourth-order valence-corrected chi connectivity index (χ4v) is 4.96. The Morgan fingerprint density at radius 3 is 2.75 bits per heavy atom. The van der Waals surface area contributed by atoms with Gasteiger partial charge in [-0.25, -0.2) is 8.42 Å². The van der Waals surface area contributed by atoms with Crippen LogP contribution in [0.2, 0.25) is 0 Å². The quantitative estimate of drug-likeness (QED) is 0.842. The van der Waals surface area contributed by atoms with E-state index in [9.17, 15) is 8.42 Å². The number of aryl methyl sites for hydroxylation is 1. The van der Waals surface area contributed by atoms with Crippen molar-refractivity contribution >= 4 is 10.0 Å². The minimum absolute atomic E-state index is 0.0609. The van der Waals surface area contributed by atoms with Crippen molar-refractivity contribution in [1.82, 2.24) is 9.29 Å². The van der Waals surface area contributed by atoms with E-state index in [4.69, 9.17) is 5.26 Å². The molecular formula is C18H19N3O2S. The van der Waals surface area contributed by atoms with Crippen molar-refractivity contribution in [3.05, 3.63) is 58.9 Å². The number of nitriles is 1. The zero-order chi connectivity index (χ0) is 17.5. The van der Waals surface area contributed by atoms with E-state index in [1.165, 1.54) is 33.9 Å². The van der Waals surface area contributed by atoms with E-state index in [1.54, 1.807) is 0 Å². The minimum atomic E-state index is -3.74. The van der Waals surface area contributed by atoms with Crippen LogP contribution in [0.25, 0.3) is 0 Å². The molecule has 0 bridgehead atoms. The highest BCUT2D eigenvalue weighted by Gasteiger charge is 2.41. The summed E-state index contributed by atoms with van der Waals surface area (Å²) in [5.74, 6) is 0. The molecule has 1 aromatic heterocycles. The maximum atomic E-state index is 13.1. The fourth-order valence-electron chi connectivity index (χ4n) is 3.21. The molecule has 0 saturated carbocycles. The Morgan fingerprint density at radius 2 is 2.04 bits per heavy atom. The molecule has 6 heteroatoms. The third kappa shape index (κ3) is 2.70. The molecule has 0 unspecified atom stereocenters. The van der Waals surface area contributed by atoms with E-state index < -0.39 is 15.6 Å². The van der Waals surface area contributed by atoms with Gasteiger partial charge in [0.2, 0.25) is 10.0 Å². The highest BCUT2D eigenvalue weighted by Crippen LogP contribution is 2.36. The Hall–Kier alpha value is -2.23. The molecule has 3 rings (SSSR count). The molecule has 0 radical (unpaired) electrons. The second-order valence-electron chi connectivity index (χ2n) is 6.73. The van der Waals surface area contributed by atoms with Crippen molar-refractivity contribution in [2.45, 2.75) is 44.2 Å². The number of hydrogen-bond donors (Lipinski definition) is 0. The van der Waals surface area contributed by atoms with Crippen LogP contribution in [0.3, 0.4) is 0 Å². The van der Waals surface area contributed by atoms with Gasteiger partial charge < -0.3 is 0 Å². The first-order valence-electron chi connectivity index (χ1n) is 7.71. The number of rotatable bonds is 2. The van der Waals surface area contributed by atoms with E-state index in [2.05, 4.69) is 18.0 Å². The van der Waals surface area contributed by atoms with E-state index >= 15 is 0 Å². The first-order valence-corrected chi connectivity index (χ1v) is 9.15. The predicted octanol–water partition coefficient (Wildman–Crippen LogP) is 2.79. The van der Waals surface area contributed by atoms with Gasteiger partial charge in [0, 0.05) is 24.5 Å². The van der Waals surface area contributed by atoms with Crippen LogP contribution < -0.4 is 0 Å². The molecule has 5 nitrogen and oxygen atoms in total. The summed E-state index contributed by atoms with van der Waals surface area (Å²) in [6, 6.07) is 9.30. The van der Waals surface area contributed by atoms with Crippen LogP contribution in [0.1, 0.15) is 36.1 Å². The molecule has 0 fully saturated rings. The van der Waals surface area contributed by atoms with Gasteiger partial charge in [-0.1, -0.05) is 18.2 Å². The Bertz CT molecular complexity index is 943. The standard InChI is InChI=1S/C18H19N3O2S/c1-13-5-4-6-15-12-21(18(2,3)8-17(13)15)24(22,23)16-7-14(9-19)10-20-11-16/h4-7,10-11H,8,12H2,1-3H3. The lowest BCUT2D eigenvalue weighted by molar-refractivity contribution is 0.202. The number of hydrogen-bond acceptors (Lipinski definition) is 4. The zero-order valence-corrected chi connectivity index (χ0v) is 14.8. The van der Waals surface area contributed by atoms with Crippen LogP contribution in [-0.4, -0.2) is 23.2 Å². The van der Waals surface area contributed by atoms with Gasteiger partial charge in [0.05, 0.1) is 5.56 Å². The second kappa shape index (κ2) is 5.69. The fraction of sp³-hybridized carbons (Fsp3) is 0.333. The van der Waals surface area contributed by atoms with Crippen LogP contribution in [0.5, 0.6) is 0 Å². The largest absolute Gasteiger partial charge is 0.262 e. The van der Waals surface area contributed by atoms with Gasteiger partial charge in [0.15, 0.2) is 0 Å². The number of aromatic nitrogens is 1. The van der Waals surface area contributed by atoms with Crippen molar-refractivity contribution in [2.24, 2.45) is 0 Å². The Morgan fingerprint density at radius 1 is 1.29 bits per heavy atom. The van der Waals surface area contributed by atoms with Crippen molar-refractivity contribution in [3.63, 3.8) is 0 Å². The number of fused-ring (bicyclic) bond motifs is 1. The predicted molar refractivity (Wildman–Crippen MR) is 90.6 cm³/mol. The third-order valence-corrected chi connectivity index (χ3v) is 6.56. The van der Waals surface area contributed by atoms with Gasteiger partial charge >= 0.3 is 0 Å². The van der Waals surface area contributed by atoms with Crippen molar-refractivity contribution in [3.8, 4) is 6.07 Å². The number of nitrogens with zero attached hydrogens (tertiary/aromatic N) is 3. The topological polar surface area (TPSA) is 74.1 Å². The molecule has 0 saturated heterocycles. The molecule has 0 spiro atoms. The molecular weight excluding hydrogens is 322 g/mol. The van der Waals surface area contributed by atoms with Crippen LogP contribution in [0.15, 0.2) is 41.6 Å². The lowest BCUT2D eigenvalue weighted by Gasteiger charge is -2.42. The molecule has 124 valence electrons. The molecule has 24 heavy (non-hydrogen) atoms. The average molecular weight is 341 g/mol. The lowest BCUT2D eigenvalue weighted by Crippen LogP contribution is -2.51. The van der Waals surface area contributed by atoms with E-state index in [1.807, 2.05) is 32.0 Å². The van der Waals surface area contributed by atoms with Crippen LogP contribution in [0, 0.1) is 18.3 Å². The summed E-state index contributed by atoms with van der Waals surface area (Å²) >= 11 is 0. The summed E-state index contributed by atoms with van der Waals surface area (Å²) in [5, 5.41) is 9.00. The zero-order valence-electron chi connectivity index (χ0n) is 13.9. The lowest BCUT2D eigenvalue weighted by atomic mass is 9.85. The van der Waals surface area contributed by atoms with Gasteiger partial charge in [0.1, 0.15) is 11.0 Å². The minimum Gasteiger partial charge on any atom is -0.262 e. The van der Waals surface area contributed by atoms with Crippen LogP contribution in [-0.2, 0) is 23.0 Å². The molecule has 0 amide bonds. The SMILES string of the molecule is Cc1cccc2c1CC(C)(C)N(S(=O)(=O)c1cncc(C#N)c1)C2. The molecule has 0 N–H and O–H groups in total. The summed E-state index contributed by atoms with van der Waals surface area (Å²) in [5.41, 5.74) is 3.12. The smallest absolute Gasteiger partial charge is 0.245 e. The summed E-state index contributed by atoms with van der Waals surface area (Å²) in [6.07, 6.45) is 3.32. The molecule has 1 aliphatic heterocycles. The van der Waals surface area contributed by atoms with Gasteiger partial charge in [-0.05, 0) is 49.9 Å². The van der Waals surface area contributed by atoms with Gasteiger partial charge in [-0.2, -0.15) is 9.57 Å². The average Bonchev–Trinajstić information content (AvgIpc) is 2.54. The summed E-state index contributed by atoms with van der Waals surface area (Å²) < 4.78 is 27.8. The molecule has 0 atom stereocenters. The molecule has 1 aromatic carbocycles. The third-order valence-electron chi connectivity index (χ3n) is 4.54. The number of sulfonamides is 1. The Kier molecular flexibility index (Phi) is 3.94. The van der Waals surface area contributed by atoms with Gasteiger partial charge in [0.25, 0.3) is 0 Å². The summed E-state index contributed by atoms with van der Waals surface area (Å²) in [7, 11) is -3.74. The monoisotopic (exact) mass is 341 g/mol. The van der Waals surface area contributed by atoms with Gasteiger partial charge in [-0.3, -0.25) is 4.98 Å². The van der Waals surface area contributed by atoms with Crippen molar-refractivity contribution < 1.29 is 8.42 Å². The highest BCUT2D eigenvalue weighted by atomic mass is 32.2. The van der Waals surface area contributed by atoms with Gasteiger partial charge in [-0.15, -0.1) is 0 Å². The van der Waals surface area contributed by atoms with Crippen LogP contribution >= 0.6 is 0 Å². The molecule has 1 aliphatic rings. The first kappa shape index (κ1) is 16.6. The van der Waals surface area contributed by atoms with Crippen molar-refractivity contribution in [1.29, 1.82) is 5.26 Å². The maximum Gasteiger partial charge on any atom is 0.245 e. The Balaban J connectivity index is 2.09. The molecule has 0 aliphatic carbocycles. The normalized spacial score (nSPS) is 17.1. The molecule has 2 heterocycles. The summed E-state index contributed by atoms with van der Waals surface area (Å²) in [4.78, 5) is 3.96. The number of benzene rings is 1. The van der Waals surface area contributed by atoms with Crippen LogP contribution in [0.4, 0.5) is 0 Å². The van der Waals surface area contributed by atoms with E-state index in [0.717, 1.165) is 5.56 Å². The second-order valence-corrected chi connectivity index (χ2v) is 8.60.